The van der Waals surface area contributed by atoms with E-state index in [2.05, 4.69) is 22.9 Å². The Bertz CT molecular complexity index is 473. The van der Waals surface area contributed by atoms with Crippen molar-refractivity contribution in [2.75, 3.05) is 32.5 Å². The zero-order valence-electron chi connectivity index (χ0n) is 13.1. The lowest BCUT2D eigenvalue weighted by Gasteiger charge is -2.18. The number of urea groups is 1. The summed E-state index contributed by atoms with van der Waals surface area (Å²) >= 11 is 0. The molecule has 0 aliphatic carbocycles. The van der Waals surface area contributed by atoms with Crippen molar-refractivity contribution in [1.29, 1.82) is 0 Å². The Labute approximate surface area is 125 Å². The molecule has 1 atom stereocenters. The van der Waals surface area contributed by atoms with Gasteiger partial charge in [0.25, 0.3) is 0 Å². The number of nitrogens with one attached hydrogen (secondary N) is 3. The summed E-state index contributed by atoms with van der Waals surface area (Å²) in [6.07, 6.45) is 0. The summed E-state index contributed by atoms with van der Waals surface area (Å²) < 4.78 is 0. The maximum absolute atomic E-state index is 11.9. The summed E-state index contributed by atoms with van der Waals surface area (Å²) in [7, 11) is 3.48. The molecule has 6 heteroatoms. The van der Waals surface area contributed by atoms with Gasteiger partial charge in [0.2, 0.25) is 5.91 Å². The Balaban J connectivity index is 2.56. The van der Waals surface area contributed by atoms with E-state index >= 15 is 0 Å². The van der Waals surface area contributed by atoms with Crippen LogP contribution in [0.3, 0.4) is 0 Å². The van der Waals surface area contributed by atoms with Crippen LogP contribution in [0.4, 0.5) is 10.5 Å². The molecule has 0 spiro atoms. The summed E-state index contributed by atoms with van der Waals surface area (Å²) in [6, 6.07) is 7.56. The van der Waals surface area contributed by atoms with Crippen LogP contribution < -0.4 is 16.0 Å². The monoisotopic (exact) mass is 292 g/mol. The molecule has 0 aliphatic rings. The number of anilines is 1. The molecule has 0 aromatic heterocycles. The number of nitrogens with zero attached hydrogens (tertiary/aromatic N) is 1. The standard InChI is InChI=1S/C15H24N4O2/c1-5-17-14(20)10-19(4)15(21)18-13-8-6-12(7-9-13)11(2)16-3/h6-9,11,16H,5,10H2,1-4H3,(H,17,20)(H,18,21). The highest BCUT2D eigenvalue weighted by molar-refractivity contribution is 5.92. The normalized spacial score (nSPS) is 11.6. The van der Waals surface area contributed by atoms with E-state index in [9.17, 15) is 9.59 Å². The molecular formula is C15H24N4O2. The Morgan fingerprint density at radius 2 is 1.86 bits per heavy atom. The van der Waals surface area contributed by atoms with E-state index in [1.54, 1.807) is 7.05 Å². The fraction of sp³-hybridized carbons (Fsp3) is 0.467. The SMILES string of the molecule is CCNC(=O)CN(C)C(=O)Nc1ccc(C(C)NC)cc1. The summed E-state index contributed by atoms with van der Waals surface area (Å²) in [4.78, 5) is 24.7. The number of hydrogen-bond donors (Lipinski definition) is 3. The number of carbonyl (C=O) groups excluding carboxylic acids is 2. The van der Waals surface area contributed by atoms with Gasteiger partial charge < -0.3 is 20.9 Å². The molecule has 0 saturated heterocycles. The highest BCUT2D eigenvalue weighted by Gasteiger charge is 2.12. The van der Waals surface area contributed by atoms with E-state index in [1.165, 1.54) is 4.90 Å². The first-order valence-corrected chi connectivity index (χ1v) is 7.04. The zero-order valence-corrected chi connectivity index (χ0v) is 13.1. The van der Waals surface area contributed by atoms with Crippen LogP contribution in [-0.2, 0) is 4.79 Å². The second-order valence-electron chi connectivity index (χ2n) is 4.87. The molecule has 1 unspecified atom stereocenters. The van der Waals surface area contributed by atoms with Gasteiger partial charge in [0, 0.05) is 25.3 Å². The van der Waals surface area contributed by atoms with Crippen molar-refractivity contribution in [1.82, 2.24) is 15.5 Å². The summed E-state index contributed by atoms with van der Waals surface area (Å²) in [5.74, 6) is -0.173. The Kier molecular flexibility index (Phi) is 6.68. The number of likely N-dealkylation sites (N-methyl/N-ethyl adjacent to an activating group) is 2. The number of amides is 3. The fourth-order valence-electron chi connectivity index (χ4n) is 1.78. The number of benzene rings is 1. The quantitative estimate of drug-likeness (QED) is 0.745. The van der Waals surface area contributed by atoms with E-state index < -0.39 is 0 Å². The molecule has 1 aromatic carbocycles. The largest absolute Gasteiger partial charge is 0.355 e. The molecule has 0 bridgehead atoms. The second-order valence-corrected chi connectivity index (χ2v) is 4.87. The molecule has 3 N–H and O–H groups in total. The second kappa shape index (κ2) is 8.26. The third-order valence-electron chi connectivity index (χ3n) is 3.20. The Hall–Kier alpha value is -2.08. The molecule has 1 aromatic rings. The van der Waals surface area contributed by atoms with Crippen LogP contribution in [0.5, 0.6) is 0 Å². The van der Waals surface area contributed by atoms with Crippen molar-refractivity contribution in [3.63, 3.8) is 0 Å². The predicted molar refractivity (Wildman–Crippen MR) is 84.2 cm³/mol. The highest BCUT2D eigenvalue weighted by Crippen LogP contribution is 2.15. The topological polar surface area (TPSA) is 73.5 Å². The number of carbonyl (C=O) groups is 2. The maximum atomic E-state index is 11.9. The van der Waals surface area contributed by atoms with Gasteiger partial charge >= 0.3 is 6.03 Å². The number of rotatable bonds is 6. The first-order chi connectivity index (χ1) is 9.97. The van der Waals surface area contributed by atoms with Crippen LogP contribution in [0.15, 0.2) is 24.3 Å². The van der Waals surface area contributed by atoms with Gasteiger partial charge in [-0.25, -0.2) is 4.79 Å². The van der Waals surface area contributed by atoms with Gasteiger partial charge in [-0.05, 0) is 38.6 Å². The molecule has 0 radical (unpaired) electrons. The summed E-state index contributed by atoms with van der Waals surface area (Å²) in [5.41, 5.74) is 1.85. The van der Waals surface area contributed by atoms with Gasteiger partial charge in [-0.3, -0.25) is 4.79 Å². The minimum atomic E-state index is -0.310. The van der Waals surface area contributed by atoms with Gasteiger partial charge in [-0.1, -0.05) is 12.1 Å². The zero-order chi connectivity index (χ0) is 15.8. The summed E-state index contributed by atoms with van der Waals surface area (Å²) in [5, 5.41) is 8.57. The molecule has 21 heavy (non-hydrogen) atoms. The van der Waals surface area contributed by atoms with Gasteiger partial charge in [-0.2, -0.15) is 0 Å². The van der Waals surface area contributed by atoms with Gasteiger partial charge in [0.15, 0.2) is 0 Å². The third kappa shape index (κ3) is 5.43. The lowest BCUT2D eigenvalue weighted by molar-refractivity contribution is -0.121. The van der Waals surface area contributed by atoms with Crippen molar-refractivity contribution in [3.05, 3.63) is 29.8 Å². The molecular weight excluding hydrogens is 268 g/mol. The molecule has 0 aliphatic heterocycles. The van der Waals surface area contributed by atoms with E-state index in [-0.39, 0.29) is 24.5 Å². The van der Waals surface area contributed by atoms with Gasteiger partial charge in [-0.15, -0.1) is 0 Å². The minimum absolute atomic E-state index is 0.0363. The van der Waals surface area contributed by atoms with Crippen LogP contribution >= 0.6 is 0 Å². The predicted octanol–water partition coefficient (Wildman–Crippen LogP) is 1.57. The van der Waals surface area contributed by atoms with Crippen molar-refractivity contribution >= 4 is 17.6 Å². The molecule has 0 fully saturated rings. The van der Waals surface area contributed by atoms with Crippen molar-refractivity contribution in [2.24, 2.45) is 0 Å². The number of hydrogen-bond acceptors (Lipinski definition) is 3. The first-order valence-electron chi connectivity index (χ1n) is 7.04. The smallest absolute Gasteiger partial charge is 0.322 e. The van der Waals surface area contributed by atoms with Crippen molar-refractivity contribution in [2.45, 2.75) is 19.9 Å². The van der Waals surface area contributed by atoms with Crippen molar-refractivity contribution in [3.8, 4) is 0 Å². The van der Waals surface area contributed by atoms with Crippen LogP contribution in [0.25, 0.3) is 0 Å². The fourth-order valence-corrected chi connectivity index (χ4v) is 1.78. The van der Waals surface area contributed by atoms with Crippen LogP contribution in [-0.4, -0.2) is 44.0 Å². The van der Waals surface area contributed by atoms with Crippen LogP contribution in [0.1, 0.15) is 25.5 Å². The van der Waals surface area contributed by atoms with E-state index in [0.717, 1.165) is 5.56 Å². The van der Waals surface area contributed by atoms with Crippen molar-refractivity contribution < 1.29 is 9.59 Å². The third-order valence-corrected chi connectivity index (χ3v) is 3.20. The molecule has 0 heterocycles. The molecule has 6 nitrogen and oxygen atoms in total. The molecule has 116 valence electrons. The minimum Gasteiger partial charge on any atom is -0.355 e. The Morgan fingerprint density at radius 3 is 2.38 bits per heavy atom. The average molecular weight is 292 g/mol. The lowest BCUT2D eigenvalue weighted by Crippen LogP contribution is -2.40. The lowest BCUT2D eigenvalue weighted by atomic mass is 10.1. The van der Waals surface area contributed by atoms with E-state index in [1.807, 2.05) is 38.2 Å². The van der Waals surface area contributed by atoms with E-state index in [4.69, 9.17) is 0 Å². The molecule has 3 amide bonds. The Morgan fingerprint density at radius 1 is 1.24 bits per heavy atom. The average Bonchev–Trinajstić information content (AvgIpc) is 2.47. The summed E-state index contributed by atoms with van der Waals surface area (Å²) in [6.45, 7) is 4.49. The van der Waals surface area contributed by atoms with Gasteiger partial charge in [0.05, 0.1) is 0 Å². The highest BCUT2D eigenvalue weighted by atomic mass is 16.2. The van der Waals surface area contributed by atoms with E-state index in [0.29, 0.717) is 12.2 Å². The molecule has 0 saturated carbocycles. The first kappa shape index (κ1) is 17.0. The maximum Gasteiger partial charge on any atom is 0.322 e. The molecule has 1 rings (SSSR count). The van der Waals surface area contributed by atoms with Gasteiger partial charge in [0.1, 0.15) is 6.54 Å². The van der Waals surface area contributed by atoms with Crippen LogP contribution in [0.2, 0.25) is 0 Å². The van der Waals surface area contributed by atoms with Crippen LogP contribution in [0, 0.1) is 0 Å².